The molecule has 0 heterocycles. The molecule has 0 rings (SSSR count). The van der Waals surface area contributed by atoms with E-state index in [1.165, 1.54) is 27.0 Å². The molecular formula is C8H13N3O4. The number of rotatable bonds is 4. The summed E-state index contributed by atoms with van der Waals surface area (Å²) in [7, 11) is 1.22. The van der Waals surface area contributed by atoms with E-state index >= 15 is 0 Å². The van der Waals surface area contributed by atoms with Crippen LogP contribution in [0.5, 0.6) is 0 Å². The third kappa shape index (κ3) is 4.78. The monoisotopic (exact) mass is 215 g/mol. The Labute approximate surface area is 86.9 Å². The van der Waals surface area contributed by atoms with Gasteiger partial charge in [0.15, 0.2) is 0 Å². The number of aliphatic imine (C=N–C) groups is 1. The molecule has 0 spiro atoms. The molecule has 7 heteroatoms. The highest BCUT2D eigenvalue weighted by atomic mass is 16.5. The number of ether oxygens (including phenoxy) is 1. The lowest BCUT2D eigenvalue weighted by Gasteiger charge is -2.22. The van der Waals surface area contributed by atoms with Crippen LogP contribution in [0.15, 0.2) is 4.99 Å². The zero-order valence-electron chi connectivity index (χ0n) is 8.79. The smallest absolute Gasteiger partial charge is 0.331 e. The van der Waals surface area contributed by atoms with Crippen molar-refractivity contribution in [3.63, 3.8) is 0 Å². The summed E-state index contributed by atoms with van der Waals surface area (Å²) < 4.78 is 4.47. The average Bonchev–Trinajstić information content (AvgIpc) is 2.16. The molecule has 0 aliphatic heterocycles. The van der Waals surface area contributed by atoms with Gasteiger partial charge in [-0.2, -0.15) is 4.99 Å². The number of esters is 1. The summed E-state index contributed by atoms with van der Waals surface area (Å²) in [5, 5.41) is 4.58. The Hall–Kier alpha value is -1.88. The molecule has 0 fully saturated rings. The van der Waals surface area contributed by atoms with Gasteiger partial charge < -0.3 is 15.4 Å². The molecule has 0 radical (unpaired) electrons. The molecule has 0 aromatic rings. The van der Waals surface area contributed by atoms with Crippen molar-refractivity contribution < 1.29 is 19.1 Å². The molecule has 0 atom stereocenters. The van der Waals surface area contributed by atoms with Gasteiger partial charge in [0.1, 0.15) is 12.2 Å². The number of carbonyl (C=O) groups excluding carboxylic acids is 3. The van der Waals surface area contributed by atoms with Crippen molar-refractivity contribution in [2.75, 3.05) is 13.8 Å². The first-order valence-electron chi connectivity index (χ1n) is 4.12. The number of nitrogens with one attached hydrogen (secondary N) is 2. The molecule has 15 heavy (non-hydrogen) atoms. The van der Waals surface area contributed by atoms with E-state index in [0.717, 1.165) is 0 Å². The lowest BCUT2D eigenvalue weighted by Crippen LogP contribution is -2.53. The van der Waals surface area contributed by atoms with Gasteiger partial charge >= 0.3 is 12.0 Å². The summed E-state index contributed by atoms with van der Waals surface area (Å²) in [6.07, 6.45) is 1.26. The number of hydrogen-bond donors (Lipinski definition) is 2. The van der Waals surface area contributed by atoms with Gasteiger partial charge in [0.2, 0.25) is 6.08 Å². The second kappa shape index (κ2) is 5.77. The van der Waals surface area contributed by atoms with Crippen molar-refractivity contribution in [2.45, 2.75) is 19.4 Å². The van der Waals surface area contributed by atoms with E-state index in [4.69, 9.17) is 0 Å². The molecule has 0 aliphatic carbocycles. The van der Waals surface area contributed by atoms with E-state index in [0.29, 0.717) is 0 Å². The first kappa shape index (κ1) is 13.1. The molecule has 7 nitrogen and oxygen atoms in total. The molecule has 0 aliphatic rings. The topological polar surface area (TPSA) is 96.9 Å². The molecule has 0 aromatic carbocycles. The minimum atomic E-state index is -1.14. The highest BCUT2D eigenvalue weighted by molar-refractivity contribution is 5.86. The van der Waals surface area contributed by atoms with Crippen LogP contribution in [-0.2, 0) is 14.3 Å². The standard InChI is InChI=1S/C8H13N3O4/c1-8(2,6(13)15-3)11-7(14)10-4-9-5-12/h4H2,1-3H3,(H2,10,11,14). The number of urea groups is 1. The predicted molar refractivity (Wildman–Crippen MR) is 50.8 cm³/mol. The van der Waals surface area contributed by atoms with Crippen molar-refractivity contribution in [1.82, 2.24) is 10.6 Å². The third-order valence-electron chi connectivity index (χ3n) is 1.50. The van der Waals surface area contributed by atoms with E-state index in [1.807, 2.05) is 0 Å². The molecule has 0 saturated carbocycles. The molecule has 2 amide bonds. The maximum absolute atomic E-state index is 11.1. The van der Waals surface area contributed by atoms with E-state index < -0.39 is 17.5 Å². The maximum atomic E-state index is 11.1. The van der Waals surface area contributed by atoms with Crippen molar-refractivity contribution >= 4 is 18.1 Å². The maximum Gasteiger partial charge on any atom is 0.331 e. The normalized spacial score (nSPS) is 9.80. The number of hydrogen-bond acceptors (Lipinski definition) is 5. The van der Waals surface area contributed by atoms with Crippen molar-refractivity contribution in [2.24, 2.45) is 4.99 Å². The Balaban J connectivity index is 4.15. The quantitative estimate of drug-likeness (QED) is 0.376. The predicted octanol–water partition coefficient (Wildman–Crippen LogP) is -0.469. The average molecular weight is 215 g/mol. The van der Waals surface area contributed by atoms with Gasteiger partial charge in [-0.3, -0.25) is 0 Å². The highest BCUT2D eigenvalue weighted by Gasteiger charge is 2.30. The van der Waals surface area contributed by atoms with Gasteiger partial charge in [0, 0.05) is 0 Å². The van der Waals surface area contributed by atoms with Gasteiger partial charge in [-0.1, -0.05) is 0 Å². The van der Waals surface area contributed by atoms with Crippen LogP contribution in [0, 0.1) is 0 Å². The fourth-order valence-corrected chi connectivity index (χ4v) is 0.778. The Morgan fingerprint density at radius 1 is 1.47 bits per heavy atom. The second-order valence-electron chi connectivity index (χ2n) is 3.15. The Morgan fingerprint density at radius 3 is 2.53 bits per heavy atom. The molecule has 0 saturated heterocycles. The van der Waals surface area contributed by atoms with Crippen molar-refractivity contribution in [3.05, 3.63) is 0 Å². The van der Waals surface area contributed by atoms with Crippen LogP contribution < -0.4 is 10.6 Å². The van der Waals surface area contributed by atoms with E-state index in [9.17, 15) is 14.4 Å². The van der Waals surface area contributed by atoms with Gasteiger partial charge in [0.05, 0.1) is 7.11 Å². The van der Waals surface area contributed by atoms with E-state index in [1.54, 1.807) is 0 Å². The summed E-state index contributed by atoms with van der Waals surface area (Å²) in [6, 6.07) is -0.621. The SMILES string of the molecule is COC(=O)C(C)(C)NC(=O)NCN=C=O. The van der Waals surface area contributed by atoms with E-state index in [2.05, 4.69) is 20.4 Å². The number of isocyanates is 1. The lowest BCUT2D eigenvalue weighted by molar-refractivity contribution is -0.146. The molecule has 0 aromatic heterocycles. The van der Waals surface area contributed by atoms with Crippen molar-refractivity contribution in [1.29, 1.82) is 0 Å². The molecule has 2 N–H and O–H groups in total. The number of methoxy groups -OCH3 is 1. The van der Waals surface area contributed by atoms with Gasteiger partial charge in [-0.15, -0.1) is 0 Å². The fourth-order valence-electron chi connectivity index (χ4n) is 0.778. The Kier molecular flexibility index (Phi) is 5.04. The van der Waals surface area contributed by atoms with Crippen molar-refractivity contribution in [3.8, 4) is 0 Å². The zero-order valence-corrected chi connectivity index (χ0v) is 8.79. The Bertz CT molecular complexity index is 294. The second-order valence-corrected chi connectivity index (χ2v) is 3.15. The largest absolute Gasteiger partial charge is 0.467 e. The first-order valence-corrected chi connectivity index (χ1v) is 4.12. The molecular weight excluding hydrogens is 202 g/mol. The number of carbonyl (C=O) groups is 2. The summed E-state index contributed by atoms with van der Waals surface area (Å²) >= 11 is 0. The van der Waals surface area contributed by atoms with Crippen LogP contribution in [0.25, 0.3) is 0 Å². The Morgan fingerprint density at radius 2 is 2.07 bits per heavy atom. The zero-order chi connectivity index (χ0) is 11.9. The van der Waals surface area contributed by atoms with E-state index in [-0.39, 0.29) is 6.67 Å². The van der Waals surface area contributed by atoms with Crippen LogP contribution in [-0.4, -0.2) is 37.4 Å². The van der Waals surface area contributed by atoms with Crippen LogP contribution in [0.4, 0.5) is 4.79 Å². The lowest BCUT2D eigenvalue weighted by atomic mass is 10.1. The summed E-state index contributed by atoms with van der Waals surface area (Å²) in [6.45, 7) is 2.79. The molecule has 0 bridgehead atoms. The minimum absolute atomic E-state index is 0.188. The van der Waals surface area contributed by atoms with Gasteiger partial charge in [-0.05, 0) is 13.8 Å². The van der Waals surface area contributed by atoms with Crippen LogP contribution in [0.1, 0.15) is 13.8 Å². The summed E-state index contributed by atoms with van der Waals surface area (Å²) in [5.74, 6) is -0.573. The summed E-state index contributed by atoms with van der Waals surface area (Å²) in [4.78, 5) is 35.1. The van der Waals surface area contributed by atoms with Gasteiger partial charge in [-0.25, -0.2) is 14.4 Å². The number of amides is 2. The summed E-state index contributed by atoms with van der Waals surface area (Å²) in [5.41, 5.74) is -1.14. The number of nitrogens with zero attached hydrogens (tertiary/aromatic N) is 1. The molecule has 0 unspecified atom stereocenters. The highest BCUT2D eigenvalue weighted by Crippen LogP contribution is 2.03. The fraction of sp³-hybridized carbons (Fsp3) is 0.625. The minimum Gasteiger partial charge on any atom is -0.467 e. The van der Waals surface area contributed by atoms with Crippen LogP contribution in [0.2, 0.25) is 0 Å². The van der Waals surface area contributed by atoms with Gasteiger partial charge in [0.25, 0.3) is 0 Å². The first-order chi connectivity index (χ1) is 6.94. The van der Waals surface area contributed by atoms with Crippen LogP contribution in [0.3, 0.4) is 0 Å². The molecule has 84 valence electrons. The van der Waals surface area contributed by atoms with Crippen LogP contribution >= 0.6 is 0 Å². The third-order valence-corrected chi connectivity index (χ3v) is 1.50.